The van der Waals surface area contributed by atoms with Gasteiger partial charge in [0.15, 0.2) is 0 Å². The maximum absolute atomic E-state index is 12.9. The molecule has 2 rings (SSSR count). The fourth-order valence-electron chi connectivity index (χ4n) is 1.51. The Hall–Kier alpha value is -1.45. The standard InChI is InChI=1S/C10H9FN2O2S/c11-8-1-4-10(7(5-8)6-12)13(16(14)15)9-2-3-9/h1,4-5,9H,2-3H2,(H,14,15). The zero-order valence-electron chi connectivity index (χ0n) is 8.26. The van der Waals surface area contributed by atoms with Gasteiger partial charge in [-0.3, -0.25) is 8.86 Å². The quantitative estimate of drug-likeness (QED) is 0.819. The van der Waals surface area contributed by atoms with Crippen LogP contribution in [0.25, 0.3) is 0 Å². The van der Waals surface area contributed by atoms with E-state index in [1.807, 2.05) is 6.07 Å². The second-order valence-corrected chi connectivity index (χ2v) is 4.42. The highest BCUT2D eigenvalue weighted by molar-refractivity contribution is 7.80. The molecule has 4 nitrogen and oxygen atoms in total. The molecular formula is C10H9FN2O2S. The fourth-order valence-corrected chi connectivity index (χ4v) is 2.30. The molecule has 0 spiro atoms. The molecule has 1 aromatic rings. The Labute approximate surface area is 94.7 Å². The molecule has 1 aliphatic rings. The highest BCUT2D eigenvalue weighted by atomic mass is 32.2. The molecule has 1 N–H and O–H groups in total. The van der Waals surface area contributed by atoms with E-state index in [2.05, 4.69) is 0 Å². The zero-order chi connectivity index (χ0) is 11.7. The van der Waals surface area contributed by atoms with Crippen LogP contribution < -0.4 is 4.31 Å². The van der Waals surface area contributed by atoms with Gasteiger partial charge in [0.25, 0.3) is 11.3 Å². The van der Waals surface area contributed by atoms with Crippen molar-refractivity contribution in [1.82, 2.24) is 0 Å². The molecule has 1 aliphatic carbocycles. The van der Waals surface area contributed by atoms with Gasteiger partial charge in [0.1, 0.15) is 11.9 Å². The van der Waals surface area contributed by atoms with Gasteiger partial charge in [0.05, 0.1) is 11.3 Å². The third-order valence-corrected chi connectivity index (χ3v) is 3.19. The summed E-state index contributed by atoms with van der Waals surface area (Å²) in [6.45, 7) is 0. The van der Waals surface area contributed by atoms with Gasteiger partial charge in [-0.05, 0) is 31.0 Å². The lowest BCUT2D eigenvalue weighted by Gasteiger charge is -2.20. The van der Waals surface area contributed by atoms with Gasteiger partial charge >= 0.3 is 0 Å². The van der Waals surface area contributed by atoms with Crippen LogP contribution >= 0.6 is 0 Å². The minimum atomic E-state index is -2.18. The molecule has 84 valence electrons. The van der Waals surface area contributed by atoms with Crippen molar-refractivity contribution in [2.75, 3.05) is 4.31 Å². The van der Waals surface area contributed by atoms with Crippen LogP contribution in [0.2, 0.25) is 0 Å². The first-order valence-corrected chi connectivity index (χ1v) is 5.79. The third kappa shape index (κ3) is 2.05. The molecule has 1 fully saturated rings. The first-order chi connectivity index (χ1) is 7.63. The number of halogens is 1. The van der Waals surface area contributed by atoms with E-state index in [0.717, 1.165) is 18.9 Å². The minimum absolute atomic E-state index is 0.0246. The average molecular weight is 240 g/mol. The SMILES string of the molecule is N#Cc1cc(F)ccc1N(C1CC1)S(=O)O. The molecule has 0 bridgehead atoms. The Bertz CT molecular complexity index is 482. The lowest BCUT2D eigenvalue weighted by molar-refractivity contribution is 0.558. The van der Waals surface area contributed by atoms with E-state index in [-0.39, 0.29) is 11.6 Å². The van der Waals surface area contributed by atoms with E-state index >= 15 is 0 Å². The first kappa shape index (κ1) is 11.0. The van der Waals surface area contributed by atoms with Gasteiger partial charge in [-0.25, -0.2) is 8.60 Å². The van der Waals surface area contributed by atoms with Gasteiger partial charge in [0, 0.05) is 6.04 Å². The number of nitrogens with zero attached hydrogens (tertiary/aromatic N) is 2. The summed E-state index contributed by atoms with van der Waals surface area (Å²) in [7, 11) is 0. The first-order valence-electron chi connectivity index (χ1n) is 4.73. The molecular weight excluding hydrogens is 231 g/mol. The van der Waals surface area contributed by atoms with Gasteiger partial charge < -0.3 is 0 Å². The van der Waals surface area contributed by atoms with E-state index in [4.69, 9.17) is 9.81 Å². The van der Waals surface area contributed by atoms with Crippen molar-refractivity contribution < 1.29 is 13.2 Å². The monoisotopic (exact) mass is 240 g/mol. The summed E-state index contributed by atoms with van der Waals surface area (Å²) in [5, 5.41) is 8.85. The Kier molecular flexibility index (Phi) is 2.90. The predicted molar refractivity (Wildman–Crippen MR) is 57.4 cm³/mol. The lowest BCUT2D eigenvalue weighted by atomic mass is 10.2. The lowest BCUT2D eigenvalue weighted by Crippen LogP contribution is -2.28. The molecule has 0 aliphatic heterocycles. The second kappa shape index (κ2) is 4.20. The Balaban J connectivity index is 2.45. The topological polar surface area (TPSA) is 64.3 Å². The van der Waals surface area contributed by atoms with Crippen molar-refractivity contribution in [2.24, 2.45) is 0 Å². The summed E-state index contributed by atoms with van der Waals surface area (Å²) >= 11 is -2.18. The average Bonchev–Trinajstić information content (AvgIpc) is 3.04. The van der Waals surface area contributed by atoms with Crippen LogP contribution in [-0.2, 0) is 11.3 Å². The minimum Gasteiger partial charge on any atom is -0.289 e. The van der Waals surface area contributed by atoms with Crippen LogP contribution in [0.3, 0.4) is 0 Å². The largest absolute Gasteiger partial charge is 0.289 e. The number of nitriles is 1. The van der Waals surface area contributed by atoms with Gasteiger partial charge in [0.2, 0.25) is 0 Å². The number of rotatable bonds is 3. The fraction of sp³-hybridized carbons (Fsp3) is 0.300. The molecule has 16 heavy (non-hydrogen) atoms. The van der Waals surface area contributed by atoms with Crippen LogP contribution in [0.4, 0.5) is 10.1 Å². The highest BCUT2D eigenvalue weighted by Gasteiger charge is 2.34. The van der Waals surface area contributed by atoms with Crippen LogP contribution in [0.1, 0.15) is 18.4 Å². The van der Waals surface area contributed by atoms with E-state index in [1.54, 1.807) is 0 Å². The smallest absolute Gasteiger partial charge is 0.262 e. The van der Waals surface area contributed by atoms with Crippen molar-refractivity contribution in [3.63, 3.8) is 0 Å². The molecule has 0 saturated heterocycles. The second-order valence-electron chi connectivity index (χ2n) is 3.56. The molecule has 0 radical (unpaired) electrons. The van der Waals surface area contributed by atoms with Crippen molar-refractivity contribution in [3.05, 3.63) is 29.6 Å². The Morgan fingerprint density at radius 3 is 2.75 bits per heavy atom. The van der Waals surface area contributed by atoms with Crippen LogP contribution in [0.15, 0.2) is 18.2 Å². The summed E-state index contributed by atoms with van der Waals surface area (Å²) in [6, 6.07) is 5.41. The predicted octanol–water partition coefficient (Wildman–Crippen LogP) is 1.80. The molecule has 0 amide bonds. The number of hydrogen-bond donors (Lipinski definition) is 1. The number of anilines is 1. The van der Waals surface area contributed by atoms with E-state index in [1.165, 1.54) is 16.4 Å². The normalized spacial score (nSPS) is 16.6. The van der Waals surface area contributed by atoms with E-state index in [0.29, 0.717) is 5.69 Å². The maximum atomic E-state index is 12.9. The summed E-state index contributed by atoms with van der Waals surface area (Å²) in [5.41, 5.74) is 0.390. The molecule has 1 aromatic carbocycles. The van der Waals surface area contributed by atoms with Crippen molar-refractivity contribution in [3.8, 4) is 6.07 Å². The number of hydrogen-bond acceptors (Lipinski definition) is 2. The summed E-state index contributed by atoms with van der Waals surface area (Å²) in [4.78, 5) is 0. The number of benzene rings is 1. The summed E-state index contributed by atoms with van der Waals surface area (Å²) < 4.78 is 34.5. The zero-order valence-corrected chi connectivity index (χ0v) is 9.08. The molecule has 1 unspecified atom stereocenters. The molecule has 6 heteroatoms. The maximum Gasteiger partial charge on any atom is 0.262 e. The van der Waals surface area contributed by atoms with Crippen LogP contribution in [-0.4, -0.2) is 14.8 Å². The van der Waals surface area contributed by atoms with Gasteiger partial charge in [-0.2, -0.15) is 5.26 Å². The van der Waals surface area contributed by atoms with Crippen molar-refractivity contribution >= 4 is 17.0 Å². The van der Waals surface area contributed by atoms with Crippen LogP contribution in [0.5, 0.6) is 0 Å². The molecule has 1 saturated carbocycles. The molecule has 1 atom stereocenters. The van der Waals surface area contributed by atoms with Gasteiger partial charge in [-0.15, -0.1) is 0 Å². The van der Waals surface area contributed by atoms with Gasteiger partial charge in [-0.1, -0.05) is 0 Å². The molecule has 0 heterocycles. The summed E-state index contributed by atoms with van der Waals surface area (Å²) in [5.74, 6) is -0.528. The third-order valence-electron chi connectivity index (χ3n) is 2.36. The molecule has 0 aromatic heterocycles. The van der Waals surface area contributed by atoms with Crippen molar-refractivity contribution in [1.29, 1.82) is 5.26 Å². The van der Waals surface area contributed by atoms with Crippen LogP contribution in [0, 0.1) is 17.1 Å². The highest BCUT2D eigenvalue weighted by Crippen LogP contribution is 2.34. The Morgan fingerprint density at radius 2 is 2.25 bits per heavy atom. The summed E-state index contributed by atoms with van der Waals surface area (Å²) in [6.07, 6.45) is 1.63. The van der Waals surface area contributed by atoms with E-state index < -0.39 is 17.1 Å². The Morgan fingerprint density at radius 1 is 1.56 bits per heavy atom. The van der Waals surface area contributed by atoms with E-state index in [9.17, 15) is 8.60 Å². The van der Waals surface area contributed by atoms with Crippen molar-refractivity contribution in [2.45, 2.75) is 18.9 Å².